The van der Waals surface area contributed by atoms with E-state index in [1.54, 1.807) is 6.82 Å². The minimum absolute atomic E-state index is 0. The monoisotopic (exact) mass is 269 g/mol. The van der Waals surface area contributed by atoms with Crippen molar-refractivity contribution >= 4 is 32.7 Å². The van der Waals surface area contributed by atoms with E-state index in [4.69, 9.17) is 0 Å². The first-order valence-electron chi connectivity index (χ1n) is 3.20. The summed E-state index contributed by atoms with van der Waals surface area (Å²) in [5, 5.41) is 0. The number of amides is 2. The van der Waals surface area contributed by atoms with Crippen LogP contribution in [0.15, 0.2) is 0 Å². The first kappa shape index (κ1) is 19.3. The molecule has 0 aromatic heterocycles. The fraction of sp³-hybridized carbons (Fsp3) is 0.429. The van der Waals surface area contributed by atoms with E-state index in [1.807, 2.05) is 0 Å². The first-order chi connectivity index (χ1) is 6.15. The van der Waals surface area contributed by atoms with Gasteiger partial charge in [-0.3, -0.25) is 18.4 Å². The van der Waals surface area contributed by atoms with Crippen molar-refractivity contribution in [3.05, 3.63) is 0 Å². The van der Waals surface area contributed by atoms with Gasteiger partial charge in [0.1, 0.15) is 0 Å². The van der Waals surface area contributed by atoms with Crippen molar-refractivity contribution in [1.82, 2.24) is 4.90 Å². The molecule has 5 nitrogen and oxygen atoms in total. The van der Waals surface area contributed by atoms with Crippen LogP contribution < -0.4 is 0 Å². The van der Waals surface area contributed by atoms with Gasteiger partial charge in [-0.2, -0.15) is 12.8 Å². The third-order valence-corrected chi connectivity index (χ3v) is 0.861. The van der Waals surface area contributed by atoms with Crippen LogP contribution in [0.5, 0.6) is 0 Å². The summed E-state index contributed by atoms with van der Waals surface area (Å²) in [6, 6.07) is 0. The summed E-state index contributed by atoms with van der Waals surface area (Å²) >= 11 is 0. The molecule has 2 radical (unpaired) electrons. The van der Waals surface area contributed by atoms with Crippen molar-refractivity contribution < 1.29 is 51.9 Å². The zero-order valence-corrected chi connectivity index (χ0v) is 10.7. The van der Waals surface area contributed by atoms with E-state index in [9.17, 15) is 19.2 Å². The van der Waals surface area contributed by atoms with E-state index in [1.165, 1.54) is 39.7 Å². The van der Waals surface area contributed by atoms with Gasteiger partial charge in [-0.05, 0) is 7.05 Å². The van der Waals surface area contributed by atoms with Crippen LogP contribution in [0.25, 0.3) is 0 Å². The van der Waals surface area contributed by atoms with Crippen LogP contribution >= 0.6 is 0 Å². The van der Waals surface area contributed by atoms with Crippen molar-refractivity contribution in [2.24, 2.45) is 0 Å². The normalized spacial score (nSPS) is 7.07. The smallest absolute Gasteiger partial charge is 0.0519 e. The molecule has 0 aliphatic carbocycles. The number of carbonyl (C=O) groups excluding carboxylic acids is 4. The van der Waals surface area contributed by atoms with Gasteiger partial charge in [0.25, 0.3) is 0 Å². The molecule has 0 aromatic carbocycles. The topological polar surface area (TPSA) is 71.5 Å². The molecule has 0 aliphatic heterocycles. The molecule has 2 amide bonds. The minimum Gasteiger partial charge on any atom is -0.639 e. The first-order valence-corrected chi connectivity index (χ1v) is 3.20. The molecule has 0 unspecified atom stereocenters. The Kier molecular flexibility index (Phi) is 20.8. The Morgan fingerprint density at radius 1 is 1.07 bits per heavy atom. The SMILES string of the molecule is CN([C-]=O)[C-]=O.C[B]C([C-]=O)[C-]=O.[Y]. The Morgan fingerprint density at radius 2 is 1.43 bits per heavy atom. The largest absolute Gasteiger partial charge is 0.639 e. The molecule has 0 aromatic rings. The average molecular weight is 269 g/mol. The van der Waals surface area contributed by atoms with Gasteiger partial charge in [0.15, 0.2) is 0 Å². The van der Waals surface area contributed by atoms with Crippen LogP contribution in [0.3, 0.4) is 0 Å². The maximum absolute atomic E-state index is 9.55. The molecule has 74 valence electrons. The molecule has 0 atom stereocenters. The average Bonchev–Trinajstić information content (AvgIpc) is 2.20. The summed E-state index contributed by atoms with van der Waals surface area (Å²) in [6.07, 6.45) is 5.49. The number of hydrogen-bond acceptors (Lipinski definition) is 4. The molecule has 14 heavy (non-hydrogen) atoms. The van der Waals surface area contributed by atoms with Crippen LogP contribution in [0.4, 0.5) is 0 Å². The van der Waals surface area contributed by atoms with Gasteiger partial charge in [0.05, 0.1) is 7.28 Å². The van der Waals surface area contributed by atoms with Crippen LogP contribution in [0.2, 0.25) is 12.6 Å². The van der Waals surface area contributed by atoms with Crippen molar-refractivity contribution in [1.29, 1.82) is 0 Å². The number of imide groups is 1. The summed E-state index contributed by atoms with van der Waals surface area (Å²) in [5.41, 5.74) is 0. The van der Waals surface area contributed by atoms with E-state index < -0.39 is 5.82 Å². The van der Waals surface area contributed by atoms with Gasteiger partial charge in [-0.1, -0.05) is 6.82 Å². The summed E-state index contributed by atoms with van der Waals surface area (Å²) in [4.78, 5) is 38.3. The van der Waals surface area contributed by atoms with Crippen LogP contribution in [-0.2, 0) is 51.9 Å². The van der Waals surface area contributed by atoms with E-state index in [0.29, 0.717) is 4.90 Å². The van der Waals surface area contributed by atoms with Gasteiger partial charge in [0, 0.05) is 32.7 Å². The van der Waals surface area contributed by atoms with Crippen molar-refractivity contribution in [2.75, 3.05) is 7.05 Å². The Morgan fingerprint density at radius 3 is 1.43 bits per heavy atom. The van der Waals surface area contributed by atoms with E-state index in [2.05, 4.69) is 0 Å². The van der Waals surface area contributed by atoms with E-state index >= 15 is 0 Å². The summed E-state index contributed by atoms with van der Waals surface area (Å²) in [7, 11) is 2.69. The van der Waals surface area contributed by atoms with E-state index in [0.717, 1.165) is 0 Å². The minimum atomic E-state index is -0.750. The standard InChI is InChI=1S/C4H4BO2.C3H3NO2.Y/c1-5-4(2-6)3-7;1-4(2-5)3-6;/h4H,1H3;1H3;/q2*-2;. The van der Waals surface area contributed by atoms with Gasteiger partial charge < -0.3 is 24.1 Å². The molecular weight excluding hydrogens is 262 g/mol. The van der Waals surface area contributed by atoms with Gasteiger partial charge in [-0.25, -0.2) is 0 Å². The Hall–Kier alpha value is -0.351. The third kappa shape index (κ3) is 14.2. The second-order valence-electron chi connectivity index (χ2n) is 1.79. The molecule has 0 heterocycles. The van der Waals surface area contributed by atoms with Crippen molar-refractivity contribution in [3.8, 4) is 0 Å². The Balaban J connectivity index is -0.000000163. The van der Waals surface area contributed by atoms with Crippen LogP contribution in [0, 0.1) is 0 Å². The maximum atomic E-state index is 9.55. The molecule has 0 saturated carbocycles. The molecule has 0 spiro atoms. The third-order valence-electron chi connectivity index (χ3n) is 0.861. The fourth-order valence-electron chi connectivity index (χ4n) is 0.179. The molecule has 0 bridgehead atoms. The molecule has 0 saturated heterocycles. The number of hydrogen-bond donors (Lipinski definition) is 0. The summed E-state index contributed by atoms with van der Waals surface area (Å²) in [5.74, 6) is -0.750. The van der Waals surface area contributed by atoms with Crippen molar-refractivity contribution in [2.45, 2.75) is 12.6 Å². The zero-order chi connectivity index (χ0) is 10.7. The summed E-state index contributed by atoms with van der Waals surface area (Å²) < 4.78 is 0. The van der Waals surface area contributed by atoms with Crippen molar-refractivity contribution in [3.63, 3.8) is 0 Å². The number of rotatable bonds is 5. The Labute approximate surface area is 109 Å². The van der Waals surface area contributed by atoms with Gasteiger partial charge >= 0.3 is 0 Å². The van der Waals surface area contributed by atoms with Gasteiger partial charge in [-0.15, -0.1) is 0 Å². The predicted octanol–water partition coefficient (Wildman–Crippen LogP) is -1.20. The second-order valence-corrected chi connectivity index (χ2v) is 1.79. The maximum Gasteiger partial charge on any atom is 0.0519 e. The van der Waals surface area contributed by atoms with Crippen LogP contribution in [-0.4, -0.2) is 44.6 Å². The molecule has 7 heteroatoms. The number of nitrogens with zero attached hydrogens (tertiary/aromatic N) is 1. The zero-order valence-electron chi connectivity index (χ0n) is 7.81. The summed E-state index contributed by atoms with van der Waals surface area (Å²) in [6.45, 7) is 1.61. The molecule has 0 fully saturated rings. The molecule has 0 N–H and O–H groups in total. The van der Waals surface area contributed by atoms with Gasteiger partial charge in [0.2, 0.25) is 0 Å². The van der Waals surface area contributed by atoms with Crippen LogP contribution in [0.1, 0.15) is 0 Å². The fourth-order valence-corrected chi connectivity index (χ4v) is 0.179. The molecule has 0 aliphatic rings. The van der Waals surface area contributed by atoms with E-state index in [-0.39, 0.29) is 32.7 Å². The quantitative estimate of drug-likeness (QED) is 0.272. The molecular formula is C7H7BNO4Y-4. The molecule has 0 rings (SSSR count). The second kappa shape index (κ2) is 15.1. The Bertz CT molecular complexity index is 163. The predicted molar refractivity (Wildman–Crippen MR) is 45.9 cm³/mol.